The van der Waals surface area contributed by atoms with Crippen LogP contribution in [0.5, 0.6) is 0 Å². The van der Waals surface area contributed by atoms with Gasteiger partial charge in [0.2, 0.25) is 11.8 Å². The highest BCUT2D eigenvalue weighted by atomic mass is 19.1. The summed E-state index contributed by atoms with van der Waals surface area (Å²) in [5.41, 5.74) is 0.292. The number of carbonyl (C=O) groups is 3. The van der Waals surface area contributed by atoms with Crippen molar-refractivity contribution >= 4 is 23.4 Å². The van der Waals surface area contributed by atoms with Crippen molar-refractivity contribution in [1.82, 2.24) is 4.90 Å². The average molecular weight is 344 g/mol. The molecule has 0 saturated carbocycles. The fourth-order valence-electron chi connectivity index (χ4n) is 2.87. The summed E-state index contributed by atoms with van der Waals surface area (Å²) in [4.78, 5) is 39.8. The Morgan fingerprint density at radius 2 is 2.00 bits per heavy atom. The first kappa shape index (κ1) is 16.9. The van der Waals surface area contributed by atoms with Gasteiger partial charge in [0.15, 0.2) is 0 Å². The summed E-state index contributed by atoms with van der Waals surface area (Å²) in [5.74, 6) is -1.09. The molecule has 1 aliphatic rings. The summed E-state index contributed by atoms with van der Waals surface area (Å²) >= 11 is 0. The van der Waals surface area contributed by atoms with Gasteiger partial charge in [-0.05, 0) is 36.4 Å². The van der Waals surface area contributed by atoms with Crippen LogP contribution < -0.4 is 4.90 Å². The molecule has 1 aromatic carbocycles. The van der Waals surface area contributed by atoms with Gasteiger partial charge in [0.1, 0.15) is 17.6 Å². The van der Waals surface area contributed by atoms with E-state index in [0.29, 0.717) is 11.4 Å². The number of furan rings is 1. The van der Waals surface area contributed by atoms with Gasteiger partial charge in [-0.1, -0.05) is 6.92 Å². The molecule has 0 spiro atoms. The highest BCUT2D eigenvalue weighted by Gasteiger charge is 2.44. The quantitative estimate of drug-likeness (QED) is 0.782. The molecule has 1 aromatic heterocycles. The van der Waals surface area contributed by atoms with Gasteiger partial charge in [-0.3, -0.25) is 14.4 Å². The first-order chi connectivity index (χ1) is 12.0. The molecule has 3 rings (SSSR count). The zero-order valence-electron chi connectivity index (χ0n) is 13.6. The number of benzene rings is 1. The molecule has 3 amide bonds. The first-order valence-electron chi connectivity index (χ1n) is 7.95. The van der Waals surface area contributed by atoms with Crippen LogP contribution in [0.2, 0.25) is 0 Å². The number of hydrogen-bond acceptors (Lipinski definition) is 4. The SMILES string of the molecule is CCC(=O)N(Cc1ccco1)C1CC(=O)N(c2ccc(F)cc2)C1=O. The van der Waals surface area contributed by atoms with Gasteiger partial charge < -0.3 is 9.32 Å². The van der Waals surface area contributed by atoms with E-state index in [-0.39, 0.29) is 25.3 Å². The summed E-state index contributed by atoms with van der Waals surface area (Å²) in [6.07, 6.45) is 1.58. The van der Waals surface area contributed by atoms with Crippen molar-refractivity contribution in [3.63, 3.8) is 0 Å². The number of rotatable bonds is 5. The number of nitrogens with zero attached hydrogens (tertiary/aromatic N) is 2. The summed E-state index contributed by atoms with van der Waals surface area (Å²) in [6, 6.07) is 7.60. The number of halogens is 1. The number of hydrogen-bond donors (Lipinski definition) is 0. The lowest BCUT2D eigenvalue weighted by Crippen LogP contribution is -2.44. The molecule has 130 valence electrons. The Kier molecular flexibility index (Phi) is 4.65. The van der Waals surface area contributed by atoms with Gasteiger partial charge in [-0.2, -0.15) is 0 Å². The van der Waals surface area contributed by atoms with Gasteiger partial charge >= 0.3 is 0 Å². The van der Waals surface area contributed by atoms with Gasteiger partial charge in [0, 0.05) is 6.42 Å². The highest BCUT2D eigenvalue weighted by molar-refractivity contribution is 6.23. The van der Waals surface area contributed by atoms with Crippen LogP contribution in [0.15, 0.2) is 47.1 Å². The van der Waals surface area contributed by atoms with E-state index in [1.807, 2.05) is 0 Å². The predicted molar refractivity (Wildman–Crippen MR) is 86.8 cm³/mol. The van der Waals surface area contributed by atoms with E-state index in [0.717, 1.165) is 4.90 Å². The maximum Gasteiger partial charge on any atom is 0.257 e. The predicted octanol–water partition coefficient (Wildman–Crippen LogP) is 2.49. The van der Waals surface area contributed by atoms with Crippen molar-refractivity contribution in [3.05, 3.63) is 54.2 Å². The Bertz CT molecular complexity index is 786. The third-order valence-electron chi connectivity index (χ3n) is 4.11. The van der Waals surface area contributed by atoms with Crippen molar-refractivity contribution in [1.29, 1.82) is 0 Å². The Balaban J connectivity index is 1.87. The van der Waals surface area contributed by atoms with E-state index in [4.69, 9.17) is 4.42 Å². The second-order valence-electron chi connectivity index (χ2n) is 5.72. The summed E-state index contributed by atoms with van der Waals surface area (Å²) < 4.78 is 18.3. The smallest absolute Gasteiger partial charge is 0.257 e. The molecule has 1 saturated heterocycles. The highest BCUT2D eigenvalue weighted by Crippen LogP contribution is 2.27. The molecule has 25 heavy (non-hydrogen) atoms. The van der Waals surface area contributed by atoms with Crippen molar-refractivity contribution < 1.29 is 23.2 Å². The normalized spacial score (nSPS) is 17.2. The molecule has 0 aliphatic carbocycles. The van der Waals surface area contributed by atoms with Crippen LogP contribution in [0, 0.1) is 5.82 Å². The Morgan fingerprint density at radius 1 is 1.28 bits per heavy atom. The topological polar surface area (TPSA) is 70.8 Å². The Morgan fingerprint density at radius 3 is 2.60 bits per heavy atom. The average Bonchev–Trinajstić information content (AvgIpc) is 3.21. The third-order valence-corrected chi connectivity index (χ3v) is 4.11. The van der Waals surface area contributed by atoms with E-state index in [9.17, 15) is 18.8 Å². The second kappa shape index (κ2) is 6.88. The summed E-state index contributed by atoms with van der Waals surface area (Å²) in [6.45, 7) is 1.80. The molecule has 0 bridgehead atoms. The largest absolute Gasteiger partial charge is 0.467 e. The Labute approximate surface area is 143 Å². The monoisotopic (exact) mass is 344 g/mol. The third kappa shape index (κ3) is 3.31. The molecule has 2 heterocycles. The molecule has 1 fully saturated rings. The lowest BCUT2D eigenvalue weighted by Gasteiger charge is -2.26. The number of carbonyl (C=O) groups excluding carboxylic acids is 3. The zero-order chi connectivity index (χ0) is 18.0. The maximum atomic E-state index is 13.1. The van der Waals surface area contributed by atoms with Gasteiger partial charge in [-0.15, -0.1) is 0 Å². The van der Waals surface area contributed by atoms with Crippen LogP contribution in [-0.4, -0.2) is 28.7 Å². The number of anilines is 1. The van der Waals surface area contributed by atoms with E-state index >= 15 is 0 Å². The minimum absolute atomic E-state index is 0.108. The molecular weight excluding hydrogens is 327 g/mol. The minimum atomic E-state index is -0.893. The fourth-order valence-corrected chi connectivity index (χ4v) is 2.87. The lowest BCUT2D eigenvalue weighted by molar-refractivity contribution is -0.139. The van der Waals surface area contributed by atoms with Crippen molar-refractivity contribution in [2.75, 3.05) is 4.90 Å². The van der Waals surface area contributed by atoms with Crippen molar-refractivity contribution in [2.45, 2.75) is 32.4 Å². The van der Waals surface area contributed by atoms with E-state index < -0.39 is 23.7 Å². The van der Waals surface area contributed by atoms with Crippen LogP contribution >= 0.6 is 0 Å². The van der Waals surface area contributed by atoms with Gasteiger partial charge in [-0.25, -0.2) is 9.29 Å². The second-order valence-corrected chi connectivity index (χ2v) is 5.72. The summed E-state index contributed by atoms with van der Waals surface area (Å²) in [5, 5.41) is 0. The zero-order valence-corrected chi connectivity index (χ0v) is 13.6. The first-order valence-corrected chi connectivity index (χ1v) is 7.95. The van der Waals surface area contributed by atoms with Gasteiger partial charge in [0.05, 0.1) is 24.9 Å². The molecule has 6 nitrogen and oxygen atoms in total. The maximum absolute atomic E-state index is 13.1. The van der Waals surface area contributed by atoms with Crippen molar-refractivity contribution in [3.8, 4) is 0 Å². The lowest BCUT2D eigenvalue weighted by atomic mass is 10.2. The fraction of sp³-hybridized carbons (Fsp3) is 0.278. The van der Waals surface area contributed by atoms with Gasteiger partial charge in [0.25, 0.3) is 5.91 Å². The minimum Gasteiger partial charge on any atom is -0.467 e. The molecule has 1 atom stereocenters. The molecule has 0 radical (unpaired) electrons. The van der Waals surface area contributed by atoms with E-state index in [1.54, 1.807) is 19.1 Å². The van der Waals surface area contributed by atoms with E-state index in [1.165, 1.54) is 35.4 Å². The van der Waals surface area contributed by atoms with Crippen LogP contribution in [0.4, 0.5) is 10.1 Å². The van der Waals surface area contributed by atoms with Crippen LogP contribution in [0.3, 0.4) is 0 Å². The Hall–Kier alpha value is -2.96. The molecule has 1 unspecified atom stereocenters. The standard InChI is InChI=1S/C18H17FN2O4/c1-2-16(22)20(11-14-4-3-9-25-14)15-10-17(23)21(18(15)24)13-7-5-12(19)6-8-13/h3-9,15H,2,10-11H2,1H3. The number of amides is 3. The number of imide groups is 1. The molecule has 7 heteroatoms. The molecule has 2 aromatic rings. The molecule has 1 aliphatic heterocycles. The summed E-state index contributed by atoms with van der Waals surface area (Å²) in [7, 11) is 0. The van der Waals surface area contributed by atoms with Crippen LogP contribution in [0.1, 0.15) is 25.5 Å². The molecule has 0 N–H and O–H groups in total. The van der Waals surface area contributed by atoms with E-state index in [2.05, 4.69) is 0 Å². The van der Waals surface area contributed by atoms with Crippen molar-refractivity contribution in [2.24, 2.45) is 0 Å². The van der Waals surface area contributed by atoms with Crippen LogP contribution in [-0.2, 0) is 20.9 Å². The molecular formula is C18H17FN2O4. The van der Waals surface area contributed by atoms with Crippen LogP contribution in [0.25, 0.3) is 0 Å².